The molecule has 2 saturated heterocycles. The Kier molecular flexibility index (Phi) is 6.01. The summed E-state index contributed by atoms with van der Waals surface area (Å²) in [5.74, 6) is -0.185. The van der Waals surface area contributed by atoms with Crippen LogP contribution in [-0.4, -0.2) is 60.7 Å². The third kappa shape index (κ3) is 3.95. The number of carbonyl (C=O) groups excluding carboxylic acids is 1. The highest BCUT2D eigenvalue weighted by Crippen LogP contribution is 2.49. The molecule has 0 aliphatic carbocycles. The quantitative estimate of drug-likeness (QED) is 0.348. The lowest BCUT2D eigenvalue weighted by Crippen LogP contribution is -2.34. The molecule has 0 spiro atoms. The summed E-state index contributed by atoms with van der Waals surface area (Å²) in [4.78, 5) is 31.3. The fourth-order valence-corrected chi connectivity index (χ4v) is 6.57. The second kappa shape index (κ2) is 9.60. The van der Waals surface area contributed by atoms with E-state index in [4.69, 9.17) is 10.5 Å². The fourth-order valence-electron chi connectivity index (χ4n) is 6.57. The van der Waals surface area contributed by atoms with E-state index in [1.807, 2.05) is 45.9 Å². The highest BCUT2D eigenvalue weighted by molar-refractivity contribution is 6.03. The summed E-state index contributed by atoms with van der Waals surface area (Å²) in [6, 6.07) is 13.3. The topological polar surface area (TPSA) is 92.8 Å². The van der Waals surface area contributed by atoms with Gasteiger partial charge in [0.25, 0.3) is 5.91 Å². The SMILES string of the molecule is CN1CCCC1CCNC(=O)c1cn2c3c(c(N4CC[C@@H](N)C4)c(F)cc3c1=O)Oc1c-2ccc2ccccc12. The van der Waals surface area contributed by atoms with E-state index in [1.54, 1.807) is 6.20 Å². The molecule has 0 bridgehead atoms. The summed E-state index contributed by atoms with van der Waals surface area (Å²) in [7, 11) is 2.10. The summed E-state index contributed by atoms with van der Waals surface area (Å²) < 4.78 is 24.2. The Hall–Kier alpha value is -3.95. The third-order valence-electron chi connectivity index (χ3n) is 8.71. The molecule has 1 amide bonds. The minimum atomic E-state index is -0.564. The Morgan fingerprint density at radius 3 is 2.75 bits per heavy atom. The van der Waals surface area contributed by atoms with Crippen LogP contribution in [0.2, 0.25) is 0 Å². The third-order valence-corrected chi connectivity index (χ3v) is 8.71. The van der Waals surface area contributed by atoms with Gasteiger partial charge >= 0.3 is 0 Å². The number of ether oxygens (including phenoxy) is 1. The van der Waals surface area contributed by atoms with Crippen molar-refractivity contribution in [2.24, 2.45) is 5.73 Å². The van der Waals surface area contributed by atoms with Gasteiger partial charge in [-0.15, -0.1) is 0 Å². The number of pyridine rings is 1. The average molecular weight is 542 g/mol. The van der Waals surface area contributed by atoms with Crippen molar-refractivity contribution in [2.75, 3.05) is 38.1 Å². The molecule has 2 fully saturated rings. The molecule has 0 saturated carbocycles. The Bertz CT molecular complexity index is 1730. The van der Waals surface area contributed by atoms with Crippen molar-refractivity contribution in [1.29, 1.82) is 0 Å². The summed E-state index contributed by atoms with van der Waals surface area (Å²) in [6.45, 7) is 2.60. The van der Waals surface area contributed by atoms with Crippen LogP contribution in [0, 0.1) is 5.82 Å². The van der Waals surface area contributed by atoms with Gasteiger partial charge in [-0.3, -0.25) is 9.59 Å². The number of halogens is 1. The van der Waals surface area contributed by atoms with Crippen molar-refractivity contribution in [2.45, 2.75) is 37.8 Å². The number of nitrogens with one attached hydrogen (secondary N) is 1. The number of likely N-dealkylation sites (tertiary alicyclic amines) is 1. The number of fused-ring (bicyclic) bond motifs is 4. The number of anilines is 1. The van der Waals surface area contributed by atoms with Crippen LogP contribution in [0.1, 0.15) is 36.0 Å². The van der Waals surface area contributed by atoms with Gasteiger partial charge in [0.1, 0.15) is 16.8 Å². The molecular weight excluding hydrogens is 509 g/mol. The van der Waals surface area contributed by atoms with E-state index in [1.165, 1.54) is 6.07 Å². The van der Waals surface area contributed by atoms with Crippen LogP contribution in [0.5, 0.6) is 11.5 Å². The number of benzene rings is 3. The van der Waals surface area contributed by atoms with Gasteiger partial charge in [-0.1, -0.05) is 30.3 Å². The number of carbonyl (C=O) groups is 1. The van der Waals surface area contributed by atoms with Crippen molar-refractivity contribution in [3.05, 3.63) is 70.3 Å². The first-order valence-electron chi connectivity index (χ1n) is 14.0. The van der Waals surface area contributed by atoms with Crippen LogP contribution in [0.25, 0.3) is 27.4 Å². The van der Waals surface area contributed by atoms with E-state index in [2.05, 4.69) is 17.3 Å². The lowest BCUT2D eigenvalue weighted by atomic mass is 10.0. The van der Waals surface area contributed by atoms with Gasteiger partial charge in [0.2, 0.25) is 5.43 Å². The van der Waals surface area contributed by atoms with Crippen molar-refractivity contribution < 1.29 is 13.9 Å². The van der Waals surface area contributed by atoms with Crippen LogP contribution in [0.15, 0.2) is 53.5 Å². The Balaban J connectivity index is 1.38. The van der Waals surface area contributed by atoms with E-state index in [-0.39, 0.29) is 22.7 Å². The first kappa shape index (κ1) is 25.0. The summed E-state index contributed by atoms with van der Waals surface area (Å²) in [6.07, 6.45) is 5.39. The molecule has 4 heterocycles. The van der Waals surface area contributed by atoms with E-state index >= 15 is 4.39 Å². The number of hydrogen-bond donors (Lipinski definition) is 2. The highest BCUT2D eigenvalue weighted by atomic mass is 19.1. The zero-order chi connectivity index (χ0) is 27.5. The number of rotatable bonds is 5. The zero-order valence-electron chi connectivity index (χ0n) is 22.5. The molecule has 40 heavy (non-hydrogen) atoms. The number of nitrogens with two attached hydrogens (primary N) is 1. The maximum atomic E-state index is 15.9. The van der Waals surface area contributed by atoms with E-state index in [0.29, 0.717) is 48.3 Å². The molecule has 1 aromatic heterocycles. The smallest absolute Gasteiger partial charge is 0.256 e. The van der Waals surface area contributed by atoms with Crippen LogP contribution >= 0.6 is 0 Å². The predicted octanol–water partition coefficient (Wildman–Crippen LogP) is 4.14. The van der Waals surface area contributed by atoms with Crippen LogP contribution in [0.4, 0.5) is 10.1 Å². The van der Waals surface area contributed by atoms with E-state index in [9.17, 15) is 9.59 Å². The molecule has 3 aliphatic rings. The molecule has 9 heteroatoms. The largest absolute Gasteiger partial charge is 0.450 e. The molecule has 4 aromatic rings. The monoisotopic (exact) mass is 541 g/mol. The highest BCUT2D eigenvalue weighted by Gasteiger charge is 2.33. The predicted molar refractivity (Wildman–Crippen MR) is 154 cm³/mol. The number of amides is 1. The van der Waals surface area contributed by atoms with Gasteiger partial charge in [0.15, 0.2) is 17.3 Å². The minimum absolute atomic E-state index is 0.0189. The lowest BCUT2D eigenvalue weighted by molar-refractivity contribution is 0.0949. The molecule has 7 rings (SSSR count). The van der Waals surface area contributed by atoms with Crippen LogP contribution in [-0.2, 0) is 0 Å². The van der Waals surface area contributed by atoms with Gasteiger partial charge < -0.3 is 30.2 Å². The van der Waals surface area contributed by atoms with Gasteiger partial charge in [-0.2, -0.15) is 0 Å². The van der Waals surface area contributed by atoms with Crippen molar-refractivity contribution in [3.63, 3.8) is 0 Å². The molecule has 0 radical (unpaired) electrons. The number of aromatic nitrogens is 1. The van der Waals surface area contributed by atoms with Crippen LogP contribution < -0.4 is 26.1 Å². The fraction of sp³-hybridized carbons (Fsp3) is 0.355. The normalized spacial score (nSPS) is 20.2. The van der Waals surface area contributed by atoms with Gasteiger partial charge in [0.05, 0.1) is 11.1 Å². The Labute approximate surface area is 231 Å². The molecule has 3 aliphatic heterocycles. The van der Waals surface area contributed by atoms with Crippen LogP contribution in [0.3, 0.4) is 0 Å². The summed E-state index contributed by atoms with van der Waals surface area (Å²) >= 11 is 0. The first-order valence-corrected chi connectivity index (χ1v) is 14.0. The maximum absolute atomic E-state index is 15.9. The van der Waals surface area contributed by atoms with Crippen molar-refractivity contribution >= 4 is 33.3 Å². The lowest BCUT2D eigenvalue weighted by Gasteiger charge is -2.29. The zero-order valence-corrected chi connectivity index (χ0v) is 22.5. The minimum Gasteiger partial charge on any atom is -0.450 e. The molecule has 3 N–H and O–H groups in total. The molecule has 3 aromatic carbocycles. The number of hydrogen-bond acceptors (Lipinski definition) is 6. The molecule has 8 nitrogen and oxygen atoms in total. The van der Waals surface area contributed by atoms with Gasteiger partial charge in [0, 0.05) is 43.3 Å². The Morgan fingerprint density at radius 1 is 1.12 bits per heavy atom. The van der Waals surface area contributed by atoms with Gasteiger partial charge in [-0.25, -0.2) is 4.39 Å². The second-order valence-electron chi connectivity index (χ2n) is 11.2. The molecular formula is C31H32FN5O3. The second-order valence-corrected chi connectivity index (χ2v) is 11.2. The molecule has 1 unspecified atom stereocenters. The van der Waals surface area contributed by atoms with E-state index in [0.717, 1.165) is 43.0 Å². The number of nitrogens with zero attached hydrogens (tertiary/aromatic N) is 3. The average Bonchev–Trinajstić information content (AvgIpc) is 3.57. The molecule has 2 atom stereocenters. The Morgan fingerprint density at radius 2 is 1.98 bits per heavy atom. The first-order chi connectivity index (χ1) is 19.4. The summed E-state index contributed by atoms with van der Waals surface area (Å²) in [5.41, 5.74) is 7.07. The van der Waals surface area contributed by atoms with Crippen molar-refractivity contribution in [1.82, 2.24) is 14.8 Å². The van der Waals surface area contributed by atoms with Crippen molar-refractivity contribution in [3.8, 4) is 17.2 Å². The van der Waals surface area contributed by atoms with E-state index < -0.39 is 17.2 Å². The molecule has 206 valence electrons. The van der Waals surface area contributed by atoms with Gasteiger partial charge in [-0.05, 0) is 56.8 Å². The standard InChI is InChI=1S/C31H32FN5O3/c1-35-13-4-6-20(35)10-12-34-31(39)23-17-37-25-9-8-18-5-2-3-7-21(18)29(25)40-30-26(37)22(28(23)38)15-24(32)27(30)36-14-11-19(33)16-36/h2-3,5,7-9,15,17,19-20H,4,6,10-14,16,33H2,1H3,(H,34,39)/t19-,20?/m1/s1. The maximum Gasteiger partial charge on any atom is 0.256 e. The summed E-state index contributed by atoms with van der Waals surface area (Å²) in [5, 5.41) is 4.88.